The molecule has 0 fully saturated rings. The molecule has 0 aliphatic rings. The van der Waals surface area contributed by atoms with Crippen molar-refractivity contribution in [1.82, 2.24) is 4.31 Å². The Morgan fingerprint density at radius 1 is 1.37 bits per heavy atom. The van der Waals surface area contributed by atoms with Crippen LogP contribution in [0, 0.1) is 0 Å². The van der Waals surface area contributed by atoms with Gasteiger partial charge in [0.15, 0.2) is 0 Å². The summed E-state index contributed by atoms with van der Waals surface area (Å²) in [6.07, 6.45) is 1.01. The first-order valence-electron chi connectivity index (χ1n) is 5.00. The molecule has 0 aromatic carbocycles. The van der Waals surface area contributed by atoms with Crippen molar-refractivity contribution in [2.24, 2.45) is 0 Å². The van der Waals surface area contributed by atoms with Crippen molar-refractivity contribution in [1.29, 1.82) is 0 Å². The number of carbonyl (C=O) groups is 1. The summed E-state index contributed by atoms with van der Waals surface area (Å²) >= 11 is 0.802. The van der Waals surface area contributed by atoms with Crippen LogP contribution in [0.25, 0.3) is 0 Å². The summed E-state index contributed by atoms with van der Waals surface area (Å²) in [5.74, 6) is -1.50. The van der Waals surface area contributed by atoms with Gasteiger partial charge in [0.05, 0.1) is 10.6 Å². The van der Waals surface area contributed by atoms with Gasteiger partial charge in [-0.25, -0.2) is 21.6 Å². The van der Waals surface area contributed by atoms with Gasteiger partial charge in [-0.05, 0) is 6.07 Å². The Morgan fingerprint density at radius 3 is 2.37 bits per heavy atom. The summed E-state index contributed by atoms with van der Waals surface area (Å²) in [6, 6.07) is 1.05. The lowest BCUT2D eigenvalue weighted by atomic mass is 10.5. The molecule has 1 rings (SSSR count). The Hall–Kier alpha value is -0.970. The Kier molecular flexibility index (Phi) is 4.72. The molecule has 0 saturated carbocycles. The van der Waals surface area contributed by atoms with Crippen LogP contribution < -0.4 is 0 Å². The van der Waals surface area contributed by atoms with E-state index in [1.165, 1.54) is 12.4 Å². The first-order chi connectivity index (χ1) is 8.54. The molecule has 1 N–H and O–H groups in total. The first-order valence-corrected chi connectivity index (χ1v) is 9.38. The van der Waals surface area contributed by atoms with Gasteiger partial charge in [-0.1, -0.05) is 0 Å². The molecule has 0 amide bonds. The number of rotatable bonds is 6. The predicted octanol–water partition coefficient (Wildman–Crippen LogP) is 0.111. The van der Waals surface area contributed by atoms with E-state index in [0.717, 1.165) is 28.0 Å². The summed E-state index contributed by atoms with van der Waals surface area (Å²) in [5, 5.41) is 9.95. The smallest absolute Gasteiger partial charge is 0.345 e. The van der Waals surface area contributed by atoms with Crippen LogP contribution in [0.3, 0.4) is 0 Å². The number of sulfone groups is 1. The fraction of sp³-hybridized carbons (Fsp3) is 0.444. The van der Waals surface area contributed by atoms with Crippen molar-refractivity contribution in [3.63, 3.8) is 0 Å². The molecule has 7 nitrogen and oxygen atoms in total. The highest BCUT2D eigenvalue weighted by molar-refractivity contribution is 7.91. The average Bonchev–Trinajstić information content (AvgIpc) is 2.74. The zero-order chi connectivity index (χ0) is 14.8. The topological polar surface area (TPSA) is 109 Å². The summed E-state index contributed by atoms with van der Waals surface area (Å²) in [4.78, 5) is 10.5. The number of hydrogen-bond donors (Lipinski definition) is 1. The van der Waals surface area contributed by atoms with Gasteiger partial charge >= 0.3 is 5.97 Å². The molecule has 19 heavy (non-hydrogen) atoms. The van der Waals surface area contributed by atoms with Gasteiger partial charge in [0.1, 0.15) is 14.7 Å². The van der Waals surface area contributed by atoms with Crippen molar-refractivity contribution in [3.05, 3.63) is 16.3 Å². The quantitative estimate of drug-likeness (QED) is 0.794. The maximum absolute atomic E-state index is 12.0. The third-order valence-electron chi connectivity index (χ3n) is 2.27. The van der Waals surface area contributed by atoms with E-state index in [0.29, 0.717) is 0 Å². The summed E-state index contributed by atoms with van der Waals surface area (Å²) in [5.41, 5.74) is 0. The van der Waals surface area contributed by atoms with Crippen molar-refractivity contribution < 1.29 is 26.7 Å². The molecule has 0 saturated heterocycles. The molecular formula is C9H13NO6S3. The average molecular weight is 327 g/mol. The largest absolute Gasteiger partial charge is 0.477 e. The minimum atomic E-state index is -3.86. The molecule has 1 aromatic heterocycles. The highest BCUT2D eigenvalue weighted by atomic mass is 32.2. The van der Waals surface area contributed by atoms with E-state index >= 15 is 0 Å². The molecule has 0 bridgehead atoms. The highest BCUT2D eigenvalue weighted by Crippen LogP contribution is 2.21. The van der Waals surface area contributed by atoms with Crippen LogP contribution in [-0.4, -0.2) is 57.8 Å². The van der Waals surface area contributed by atoms with Gasteiger partial charge in [0.25, 0.3) is 0 Å². The van der Waals surface area contributed by atoms with Crippen LogP contribution in [0.1, 0.15) is 9.67 Å². The highest BCUT2D eigenvalue weighted by Gasteiger charge is 2.24. The minimum absolute atomic E-state index is 0.0879. The van der Waals surface area contributed by atoms with E-state index in [4.69, 9.17) is 5.11 Å². The number of carboxylic acids is 1. The van der Waals surface area contributed by atoms with Crippen molar-refractivity contribution in [2.45, 2.75) is 4.90 Å². The molecule has 0 spiro atoms. The standard InChI is InChI=1S/C9H13NO6S3/c1-10(3-4-18(2,13)14)19(15,16)7-5-8(9(11)12)17-6-7/h5-6H,3-4H2,1-2H3,(H,11,12). The normalized spacial score (nSPS) is 12.8. The molecule has 1 heterocycles. The van der Waals surface area contributed by atoms with E-state index in [2.05, 4.69) is 0 Å². The van der Waals surface area contributed by atoms with Crippen molar-refractivity contribution >= 4 is 37.2 Å². The van der Waals surface area contributed by atoms with E-state index in [1.54, 1.807) is 0 Å². The van der Waals surface area contributed by atoms with Gasteiger partial charge in [-0.3, -0.25) is 0 Å². The lowest BCUT2D eigenvalue weighted by Crippen LogP contribution is -2.31. The first kappa shape index (κ1) is 16.1. The van der Waals surface area contributed by atoms with E-state index in [-0.39, 0.29) is 22.1 Å². The van der Waals surface area contributed by atoms with Crippen LogP contribution in [0.15, 0.2) is 16.3 Å². The Bertz CT molecular complexity index is 673. The molecule has 0 radical (unpaired) electrons. The van der Waals surface area contributed by atoms with Crippen LogP contribution in [0.2, 0.25) is 0 Å². The second kappa shape index (κ2) is 5.57. The molecule has 0 aliphatic heterocycles. The van der Waals surface area contributed by atoms with E-state index in [1.807, 2.05) is 0 Å². The molecule has 108 valence electrons. The lowest BCUT2D eigenvalue weighted by Gasteiger charge is -2.15. The van der Waals surface area contributed by atoms with Crippen molar-refractivity contribution in [3.8, 4) is 0 Å². The zero-order valence-corrected chi connectivity index (χ0v) is 12.7. The van der Waals surface area contributed by atoms with Crippen molar-refractivity contribution in [2.75, 3.05) is 25.6 Å². The molecule has 10 heteroatoms. The summed E-state index contributed by atoms with van der Waals surface area (Å²) < 4.78 is 46.9. The molecule has 1 aromatic rings. The Balaban J connectivity index is 2.93. The lowest BCUT2D eigenvalue weighted by molar-refractivity contribution is 0.0702. The van der Waals surface area contributed by atoms with Gasteiger partial charge in [-0.2, -0.15) is 4.31 Å². The Morgan fingerprint density at radius 2 is 1.95 bits per heavy atom. The van der Waals surface area contributed by atoms with Gasteiger partial charge < -0.3 is 5.11 Å². The second-order valence-corrected chi connectivity index (χ2v) is 9.12. The van der Waals surface area contributed by atoms with Gasteiger partial charge in [0, 0.05) is 25.2 Å². The third kappa shape index (κ3) is 4.27. The summed E-state index contributed by atoms with van der Waals surface area (Å²) in [7, 11) is -5.88. The maximum Gasteiger partial charge on any atom is 0.345 e. The number of nitrogens with zero attached hydrogens (tertiary/aromatic N) is 1. The van der Waals surface area contributed by atoms with E-state index < -0.39 is 25.8 Å². The third-order valence-corrected chi connectivity index (χ3v) is 6.10. The number of hydrogen-bond acceptors (Lipinski definition) is 6. The van der Waals surface area contributed by atoms with E-state index in [9.17, 15) is 21.6 Å². The SMILES string of the molecule is CN(CCS(C)(=O)=O)S(=O)(=O)c1csc(C(=O)O)c1. The maximum atomic E-state index is 12.0. The predicted molar refractivity (Wildman–Crippen MR) is 70.8 cm³/mol. The minimum Gasteiger partial charge on any atom is -0.477 e. The molecule has 0 aliphatic carbocycles. The number of aromatic carboxylic acids is 1. The molecular weight excluding hydrogens is 314 g/mol. The fourth-order valence-corrected chi connectivity index (χ4v) is 4.15. The number of carboxylic acid groups (broad SMARTS) is 1. The van der Waals surface area contributed by atoms with Crippen LogP contribution in [-0.2, 0) is 19.9 Å². The Labute approximate surface area is 115 Å². The van der Waals surface area contributed by atoms with Crippen LogP contribution in [0.4, 0.5) is 0 Å². The molecule has 0 unspecified atom stereocenters. The number of thiophene rings is 1. The van der Waals surface area contributed by atoms with Gasteiger partial charge in [0.2, 0.25) is 10.0 Å². The summed E-state index contributed by atoms with van der Waals surface area (Å²) in [6.45, 7) is -0.181. The second-order valence-electron chi connectivity index (χ2n) is 3.91. The van der Waals surface area contributed by atoms with Crippen LogP contribution in [0.5, 0.6) is 0 Å². The fourth-order valence-electron chi connectivity index (χ4n) is 1.16. The monoisotopic (exact) mass is 327 g/mol. The number of sulfonamides is 1. The molecule has 0 atom stereocenters. The van der Waals surface area contributed by atoms with Crippen LogP contribution >= 0.6 is 11.3 Å². The zero-order valence-electron chi connectivity index (χ0n) is 10.2. The van der Waals surface area contributed by atoms with Gasteiger partial charge in [-0.15, -0.1) is 11.3 Å².